The molecule has 0 saturated carbocycles. The lowest BCUT2D eigenvalue weighted by Crippen LogP contribution is -2.51. The number of rotatable bonds is 1. The molecule has 2 aliphatic heterocycles. The van der Waals surface area contributed by atoms with E-state index in [-0.39, 0.29) is 11.8 Å². The number of hydrogen-bond donors (Lipinski definition) is 2. The molecule has 106 valence electrons. The van der Waals surface area contributed by atoms with Crippen molar-refractivity contribution >= 4 is 29.3 Å². The molecule has 0 radical (unpaired) electrons. The van der Waals surface area contributed by atoms with Gasteiger partial charge in [0.15, 0.2) is 0 Å². The van der Waals surface area contributed by atoms with Gasteiger partial charge in [0.1, 0.15) is 0 Å². The van der Waals surface area contributed by atoms with E-state index in [1.54, 1.807) is 6.07 Å². The smallest absolute Gasteiger partial charge is 0.254 e. The topological polar surface area (TPSA) is 61.4 Å². The van der Waals surface area contributed by atoms with Gasteiger partial charge >= 0.3 is 0 Å². The van der Waals surface area contributed by atoms with Crippen LogP contribution in [0.1, 0.15) is 17.3 Å². The van der Waals surface area contributed by atoms with Gasteiger partial charge < -0.3 is 15.5 Å². The first kappa shape index (κ1) is 13.5. The second kappa shape index (κ2) is 5.46. The van der Waals surface area contributed by atoms with E-state index in [0.29, 0.717) is 17.4 Å². The van der Waals surface area contributed by atoms with E-state index in [4.69, 9.17) is 0 Å². The number of nitrogens with one attached hydrogen (secondary N) is 2. The van der Waals surface area contributed by atoms with Crippen LogP contribution in [0.3, 0.4) is 0 Å². The van der Waals surface area contributed by atoms with Crippen LogP contribution in [0.2, 0.25) is 0 Å². The normalized spacial score (nSPS) is 22.1. The number of fused-ring (bicyclic) bond motifs is 1. The van der Waals surface area contributed by atoms with Crippen molar-refractivity contribution in [3.05, 3.63) is 23.8 Å². The van der Waals surface area contributed by atoms with Crippen molar-refractivity contribution in [2.24, 2.45) is 0 Å². The number of carbonyl (C=O) groups is 2. The molecule has 2 heterocycles. The first-order chi connectivity index (χ1) is 9.63. The Hall–Kier alpha value is -1.53. The Morgan fingerprint density at radius 1 is 1.45 bits per heavy atom. The maximum Gasteiger partial charge on any atom is 0.254 e. The number of benzene rings is 1. The van der Waals surface area contributed by atoms with Crippen molar-refractivity contribution in [3.8, 4) is 0 Å². The van der Waals surface area contributed by atoms with Crippen LogP contribution in [0, 0.1) is 0 Å². The highest BCUT2D eigenvalue weighted by Crippen LogP contribution is 2.32. The standard InChI is InChI=1S/C14H17N3O2S/c1-9-7-17(5-4-15-9)14(19)10-2-3-12-11(6-10)16-13(18)8-20-12/h2-3,6,9,15H,4-5,7-8H2,1H3,(H,16,18). The van der Waals surface area contributed by atoms with Crippen LogP contribution < -0.4 is 10.6 Å². The number of thioether (sulfide) groups is 1. The molecule has 0 spiro atoms. The SMILES string of the molecule is CC1CN(C(=O)c2ccc3c(c2)NC(=O)CS3)CCN1. The third-order valence-corrected chi connectivity index (χ3v) is 4.59. The second-order valence-electron chi connectivity index (χ2n) is 5.15. The lowest BCUT2D eigenvalue weighted by molar-refractivity contribution is -0.113. The lowest BCUT2D eigenvalue weighted by Gasteiger charge is -2.32. The van der Waals surface area contributed by atoms with Crippen LogP contribution in [0.15, 0.2) is 23.1 Å². The molecule has 20 heavy (non-hydrogen) atoms. The van der Waals surface area contributed by atoms with Crippen molar-refractivity contribution in [2.75, 3.05) is 30.7 Å². The Balaban J connectivity index is 1.81. The van der Waals surface area contributed by atoms with E-state index in [2.05, 4.69) is 17.6 Å². The number of carbonyl (C=O) groups excluding carboxylic acids is 2. The zero-order valence-electron chi connectivity index (χ0n) is 11.3. The summed E-state index contributed by atoms with van der Waals surface area (Å²) in [5.74, 6) is 0.462. The number of hydrogen-bond acceptors (Lipinski definition) is 4. The molecule has 3 rings (SSSR count). The number of amides is 2. The third kappa shape index (κ3) is 2.66. The summed E-state index contributed by atoms with van der Waals surface area (Å²) in [6.07, 6.45) is 0. The Morgan fingerprint density at radius 3 is 3.10 bits per heavy atom. The second-order valence-corrected chi connectivity index (χ2v) is 6.17. The molecule has 1 unspecified atom stereocenters. The largest absolute Gasteiger partial charge is 0.336 e. The van der Waals surface area contributed by atoms with Crippen LogP contribution in [0.4, 0.5) is 5.69 Å². The average molecular weight is 291 g/mol. The molecule has 6 heteroatoms. The Bertz CT molecular complexity index is 561. The summed E-state index contributed by atoms with van der Waals surface area (Å²) >= 11 is 1.51. The van der Waals surface area contributed by atoms with Crippen molar-refractivity contribution in [1.29, 1.82) is 0 Å². The molecular weight excluding hydrogens is 274 g/mol. The van der Waals surface area contributed by atoms with Crippen molar-refractivity contribution < 1.29 is 9.59 Å². The summed E-state index contributed by atoms with van der Waals surface area (Å²) in [7, 11) is 0. The van der Waals surface area contributed by atoms with E-state index in [1.807, 2.05) is 17.0 Å². The zero-order chi connectivity index (χ0) is 14.1. The fourth-order valence-corrected chi connectivity index (χ4v) is 3.30. The van der Waals surface area contributed by atoms with Gasteiger partial charge in [-0.15, -0.1) is 11.8 Å². The van der Waals surface area contributed by atoms with Crippen molar-refractivity contribution in [3.63, 3.8) is 0 Å². The van der Waals surface area contributed by atoms with Gasteiger partial charge in [0.05, 0.1) is 11.4 Å². The monoisotopic (exact) mass is 291 g/mol. The molecular formula is C14H17N3O2S. The number of anilines is 1. The minimum Gasteiger partial charge on any atom is -0.336 e. The molecule has 0 aromatic heterocycles. The summed E-state index contributed by atoms with van der Waals surface area (Å²) in [4.78, 5) is 26.8. The van der Waals surface area contributed by atoms with Crippen LogP contribution in [0.25, 0.3) is 0 Å². The van der Waals surface area contributed by atoms with Crippen LogP contribution in [-0.4, -0.2) is 48.1 Å². The minimum absolute atomic E-state index is 0.0112. The van der Waals surface area contributed by atoms with E-state index in [9.17, 15) is 9.59 Å². The van der Waals surface area contributed by atoms with Crippen LogP contribution in [-0.2, 0) is 4.79 Å². The Kier molecular flexibility index (Phi) is 3.67. The van der Waals surface area contributed by atoms with E-state index in [0.717, 1.165) is 30.2 Å². The molecule has 0 bridgehead atoms. The molecule has 2 amide bonds. The number of nitrogens with zero attached hydrogens (tertiary/aromatic N) is 1. The highest BCUT2D eigenvalue weighted by molar-refractivity contribution is 8.00. The minimum atomic E-state index is -0.0112. The van der Waals surface area contributed by atoms with Gasteiger partial charge in [-0.2, -0.15) is 0 Å². The molecule has 1 aromatic carbocycles. The molecule has 1 aromatic rings. The molecule has 2 aliphatic rings. The van der Waals surface area contributed by atoms with Gasteiger partial charge in [-0.05, 0) is 25.1 Å². The summed E-state index contributed by atoms with van der Waals surface area (Å²) in [6, 6.07) is 5.87. The van der Waals surface area contributed by atoms with Gasteiger partial charge in [0.2, 0.25) is 5.91 Å². The average Bonchev–Trinajstić information content (AvgIpc) is 2.45. The first-order valence-electron chi connectivity index (χ1n) is 6.73. The van der Waals surface area contributed by atoms with E-state index < -0.39 is 0 Å². The van der Waals surface area contributed by atoms with Crippen LogP contribution >= 0.6 is 11.8 Å². The molecule has 1 atom stereocenters. The maximum atomic E-state index is 12.5. The predicted octanol–water partition coefficient (Wildman–Crippen LogP) is 1.16. The van der Waals surface area contributed by atoms with Crippen molar-refractivity contribution in [2.45, 2.75) is 17.9 Å². The first-order valence-corrected chi connectivity index (χ1v) is 7.71. The maximum absolute atomic E-state index is 12.5. The van der Waals surface area contributed by atoms with Gasteiger partial charge in [0, 0.05) is 36.1 Å². The van der Waals surface area contributed by atoms with Gasteiger partial charge in [0.25, 0.3) is 5.91 Å². The van der Waals surface area contributed by atoms with E-state index in [1.165, 1.54) is 11.8 Å². The molecule has 1 saturated heterocycles. The van der Waals surface area contributed by atoms with Crippen LogP contribution in [0.5, 0.6) is 0 Å². The molecule has 2 N–H and O–H groups in total. The molecule has 5 nitrogen and oxygen atoms in total. The van der Waals surface area contributed by atoms with Gasteiger partial charge in [-0.25, -0.2) is 0 Å². The Labute approximate surface area is 122 Å². The van der Waals surface area contributed by atoms with E-state index >= 15 is 0 Å². The summed E-state index contributed by atoms with van der Waals surface area (Å²) < 4.78 is 0. The fourth-order valence-electron chi connectivity index (χ4n) is 2.52. The fraction of sp³-hybridized carbons (Fsp3) is 0.429. The summed E-state index contributed by atoms with van der Waals surface area (Å²) in [5.41, 5.74) is 1.39. The zero-order valence-corrected chi connectivity index (χ0v) is 12.1. The predicted molar refractivity (Wildman–Crippen MR) is 79.2 cm³/mol. The molecule has 1 fully saturated rings. The quantitative estimate of drug-likeness (QED) is 0.815. The van der Waals surface area contributed by atoms with Crippen molar-refractivity contribution in [1.82, 2.24) is 10.2 Å². The highest BCUT2D eigenvalue weighted by Gasteiger charge is 2.23. The number of piperazine rings is 1. The highest BCUT2D eigenvalue weighted by atomic mass is 32.2. The molecule has 0 aliphatic carbocycles. The lowest BCUT2D eigenvalue weighted by atomic mass is 10.1. The summed E-state index contributed by atoms with van der Waals surface area (Å²) in [6.45, 7) is 4.34. The van der Waals surface area contributed by atoms with Gasteiger partial charge in [-0.3, -0.25) is 9.59 Å². The van der Waals surface area contributed by atoms with Gasteiger partial charge in [-0.1, -0.05) is 0 Å². The third-order valence-electron chi connectivity index (χ3n) is 3.52. The summed E-state index contributed by atoms with van der Waals surface area (Å²) in [5, 5.41) is 6.14. The Morgan fingerprint density at radius 2 is 2.30 bits per heavy atom.